The molecule has 1 aromatic rings. The fourth-order valence-corrected chi connectivity index (χ4v) is 0.371. The van der Waals surface area contributed by atoms with Crippen LogP contribution in [0.25, 0.3) is 0 Å². The van der Waals surface area contributed by atoms with Gasteiger partial charge in [-0.25, -0.2) is 14.6 Å². The summed E-state index contributed by atoms with van der Waals surface area (Å²) in [6.07, 6.45) is 0. The molecule has 48 valence electrons. The summed E-state index contributed by atoms with van der Waals surface area (Å²) < 4.78 is 4.06. The Kier molecular flexibility index (Phi) is 1.07. The Labute approximate surface area is 47.7 Å². The molecule has 0 saturated heterocycles. The van der Waals surface area contributed by atoms with E-state index in [0.29, 0.717) is 0 Å². The number of hydrogen-bond acceptors (Lipinski definition) is 4. The smallest absolute Gasteiger partial charge is 0.376 e. The highest BCUT2D eigenvalue weighted by Gasteiger charge is 1.85. The van der Waals surface area contributed by atoms with Crippen LogP contribution < -0.4 is 17.1 Å². The van der Waals surface area contributed by atoms with Crippen LogP contribution >= 0.6 is 0 Å². The van der Waals surface area contributed by atoms with Crippen LogP contribution in [0.5, 0.6) is 0 Å². The maximum atomic E-state index is 10.2. The summed E-state index contributed by atoms with van der Waals surface area (Å²) in [6, 6.07) is 0. The monoisotopic (exact) mass is 129 g/mol. The maximum absolute atomic E-state index is 10.2. The van der Waals surface area contributed by atoms with Crippen molar-refractivity contribution in [2.24, 2.45) is 0 Å². The second-order valence-corrected chi connectivity index (χ2v) is 1.30. The topological polar surface area (TPSA) is 103 Å². The van der Waals surface area contributed by atoms with Crippen molar-refractivity contribution in [3.63, 3.8) is 0 Å². The molecule has 1 heterocycles. The average molecular weight is 129 g/mol. The van der Waals surface area contributed by atoms with Crippen LogP contribution in [0.4, 0.5) is 0 Å². The summed E-state index contributed by atoms with van der Waals surface area (Å²) in [5, 5.41) is 6.63. The molecule has 0 atom stereocenters. The minimum Gasteiger partial charge on any atom is -0.376 e. The van der Waals surface area contributed by atoms with Crippen molar-refractivity contribution < 1.29 is 4.42 Å². The van der Waals surface area contributed by atoms with Gasteiger partial charge in [0.15, 0.2) is 0 Å². The molecule has 1 aromatic heterocycles. The first-order valence-electron chi connectivity index (χ1n) is 2.07. The molecule has 0 aliphatic carbocycles. The van der Waals surface area contributed by atoms with Crippen LogP contribution in [0.3, 0.4) is 0 Å². The van der Waals surface area contributed by atoms with Crippen molar-refractivity contribution in [2.75, 3.05) is 0 Å². The molecule has 0 spiro atoms. The molecule has 0 radical (unpaired) electrons. The van der Waals surface area contributed by atoms with Gasteiger partial charge in [-0.15, -0.1) is 0 Å². The minimum atomic E-state index is -0.927. The summed E-state index contributed by atoms with van der Waals surface area (Å²) in [6.45, 7) is 0. The Hall–Kier alpha value is -1.59. The van der Waals surface area contributed by atoms with E-state index in [9.17, 15) is 9.59 Å². The molecule has 0 bridgehead atoms. The Morgan fingerprint density at radius 2 is 2.00 bits per heavy atom. The van der Waals surface area contributed by atoms with Crippen molar-refractivity contribution >= 4 is 0 Å². The van der Waals surface area contributed by atoms with Gasteiger partial charge >= 0.3 is 11.4 Å². The predicted octanol–water partition coefficient (Wildman–Crippen LogP) is -1.86. The number of hydrogen-bond donors (Lipinski definition) is 3. The van der Waals surface area contributed by atoms with Gasteiger partial charge in [0.2, 0.25) is 0 Å². The van der Waals surface area contributed by atoms with E-state index in [4.69, 9.17) is 5.41 Å². The van der Waals surface area contributed by atoms with E-state index in [2.05, 4.69) is 4.42 Å². The number of rotatable bonds is 0. The first kappa shape index (κ1) is 5.54. The normalized spacial score (nSPS) is 9.33. The van der Waals surface area contributed by atoms with Gasteiger partial charge in [-0.05, 0) is 0 Å². The van der Waals surface area contributed by atoms with Crippen LogP contribution in [0.1, 0.15) is 0 Å². The summed E-state index contributed by atoms with van der Waals surface area (Å²) in [4.78, 5) is 24.0. The van der Waals surface area contributed by atoms with Crippen LogP contribution in [0.2, 0.25) is 0 Å². The second kappa shape index (κ2) is 1.73. The highest BCUT2D eigenvalue weighted by Crippen LogP contribution is 1.38. The van der Waals surface area contributed by atoms with Crippen LogP contribution in [0, 0.1) is 5.41 Å². The molecular formula is C3H3N3O3. The molecule has 6 nitrogen and oxygen atoms in total. The maximum Gasteiger partial charge on any atom is 0.423 e. The Balaban J connectivity index is 3.72. The number of aromatic amines is 2. The molecule has 0 unspecified atom stereocenters. The zero-order valence-corrected chi connectivity index (χ0v) is 4.22. The number of nitrogens with one attached hydrogen (secondary N) is 3. The van der Waals surface area contributed by atoms with Gasteiger partial charge in [-0.2, -0.15) is 0 Å². The fraction of sp³-hybridized carbons (Fsp3) is 0. The number of H-pyrrole nitrogens is 2. The van der Waals surface area contributed by atoms with E-state index in [1.54, 1.807) is 4.98 Å². The zero-order valence-electron chi connectivity index (χ0n) is 4.22. The first-order valence-corrected chi connectivity index (χ1v) is 2.07. The van der Waals surface area contributed by atoms with Crippen molar-refractivity contribution in [1.82, 2.24) is 9.97 Å². The average Bonchev–Trinajstić information content (AvgIpc) is 1.59. The van der Waals surface area contributed by atoms with Gasteiger partial charge in [0.05, 0.1) is 0 Å². The molecule has 0 saturated carbocycles. The van der Waals surface area contributed by atoms with E-state index in [1.807, 2.05) is 4.98 Å². The van der Waals surface area contributed by atoms with Gasteiger partial charge in [0.1, 0.15) is 0 Å². The van der Waals surface area contributed by atoms with Gasteiger partial charge in [0.25, 0.3) is 5.68 Å². The Morgan fingerprint density at radius 1 is 1.33 bits per heavy atom. The molecule has 0 aromatic carbocycles. The summed E-state index contributed by atoms with van der Waals surface area (Å²) >= 11 is 0. The van der Waals surface area contributed by atoms with E-state index in [1.165, 1.54) is 0 Å². The fourth-order valence-electron chi connectivity index (χ4n) is 0.371. The minimum absolute atomic E-state index is 0.552. The van der Waals surface area contributed by atoms with Crippen molar-refractivity contribution in [3.05, 3.63) is 26.7 Å². The lowest BCUT2D eigenvalue weighted by Crippen LogP contribution is -2.29. The zero-order chi connectivity index (χ0) is 6.85. The van der Waals surface area contributed by atoms with Crippen LogP contribution in [-0.2, 0) is 0 Å². The van der Waals surface area contributed by atoms with Gasteiger partial charge in [-0.3, -0.25) is 10.4 Å². The summed E-state index contributed by atoms with van der Waals surface area (Å²) in [5.74, 6) is -0.927. The molecule has 0 aliphatic heterocycles. The molecule has 0 amide bonds. The summed E-state index contributed by atoms with van der Waals surface area (Å²) in [5.41, 5.74) is -1.29. The van der Waals surface area contributed by atoms with E-state index >= 15 is 0 Å². The lowest BCUT2D eigenvalue weighted by atomic mass is 11.1. The lowest BCUT2D eigenvalue weighted by molar-refractivity contribution is 0.395. The van der Waals surface area contributed by atoms with E-state index in [-0.39, 0.29) is 0 Å². The Bertz CT molecular complexity index is 277. The third-order valence-electron chi connectivity index (χ3n) is 0.637. The lowest BCUT2D eigenvalue weighted by Gasteiger charge is -1.78. The third-order valence-corrected chi connectivity index (χ3v) is 0.637. The highest BCUT2D eigenvalue weighted by atomic mass is 16.4. The van der Waals surface area contributed by atoms with Gasteiger partial charge in [-0.1, -0.05) is 0 Å². The standard InChI is InChI=1S/C3H3N3O3/c4-1-5-2(7)6-3(8)9-1/h(H3,4,5,6,7,8). The Morgan fingerprint density at radius 3 is 2.44 bits per heavy atom. The van der Waals surface area contributed by atoms with Crippen molar-refractivity contribution in [3.8, 4) is 0 Å². The third kappa shape index (κ3) is 1.15. The molecule has 0 aliphatic rings. The van der Waals surface area contributed by atoms with Crippen molar-refractivity contribution in [2.45, 2.75) is 0 Å². The largest absolute Gasteiger partial charge is 0.423 e. The number of aromatic nitrogens is 2. The predicted molar refractivity (Wildman–Crippen MR) is 25.8 cm³/mol. The van der Waals surface area contributed by atoms with E-state index < -0.39 is 17.1 Å². The molecule has 3 N–H and O–H groups in total. The molecular weight excluding hydrogens is 126 g/mol. The molecule has 1 rings (SSSR count). The molecule has 9 heavy (non-hydrogen) atoms. The van der Waals surface area contributed by atoms with Crippen LogP contribution in [0.15, 0.2) is 14.0 Å². The van der Waals surface area contributed by atoms with Crippen LogP contribution in [-0.4, -0.2) is 9.97 Å². The molecule has 6 heteroatoms. The van der Waals surface area contributed by atoms with E-state index in [0.717, 1.165) is 0 Å². The van der Waals surface area contributed by atoms with Gasteiger partial charge in [0, 0.05) is 0 Å². The summed E-state index contributed by atoms with van der Waals surface area (Å²) in [7, 11) is 0. The quantitative estimate of drug-likeness (QED) is 0.382. The second-order valence-electron chi connectivity index (χ2n) is 1.30. The SMILES string of the molecule is N=c1[nH]c(=O)[nH]c(=O)o1. The van der Waals surface area contributed by atoms with Gasteiger partial charge < -0.3 is 4.42 Å². The van der Waals surface area contributed by atoms with Crippen molar-refractivity contribution in [1.29, 1.82) is 5.41 Å². The first-order chi connectivity index (χ1) is 4.18. The molecule has 0 fully saturated rings. The highest BCUT2D eigenvalue weighted by molar-refractivity contribution is 4.51.